The predicted octanol–water partition coefficient (Wildman–Crippen LogP) is 1.04. The van der Waals surface area contributed by atoms with Gasteiger partial charge in [-0.15, -0.1) is 0 Å². The molecule has 0 aliphatic heterocycles. The maximum atomic E-state index is 9.55. The Labute approximate surface area is 111 Å². The number of carboxylic acids is 1. The van der Waals surface area contributed by atoms with Crippen LogP contribution in [-0.2, 0) is 4.79 Å². The second kappa shape index (κ2) is 13.7. The van der Waals surface area contributed by atoms with E-state index in [1.807, 2.05) is 0 Å². The Morgan fingerprint density at radius 3 is 1.60 bits per heavy atom. The molecule has 6 heteroatoms. The van der Waals surface area contributed by atoms with E-state index < -0.39 is 10.6 Å². The van der Waals surface area contributed by atoms with Crippen LogP contribution in [0.1, 0.15) is 0 Å². The van der Waals surface area contributed by atoms with E-state index in [0.29, 0.717) is 0 Å². The van der Waals surface area contributed by atoms with Crippen molar-refractivity contribution in [3.63, 3.8) is 0 Å². The average molecular weight is 412 g/mol. The van der Waals surface area contributed by atoms with Crippen molar-refractivity contribution in [1.82, 2.24) is 0 Å². The van der Waals surface area contributed by atoms with Crippen LogP contribution in [0.2, 0.25) is 9.88 Å². The standard InChI is InChI=1S/C2H4O2S2.2CH3.La.Sn/c3-1(4)2(5)6;;;;/h2,5-6H,(H,3,4);2*1H3;;. The van der Waals surface area contributed by atoms with Gasteiger partial charge in [0.15, 0.2) is 0 Å². The Bertz CT molecular complexity index is 81.7. The molecule has 3 radical (unpaired) electrons. The largest absolute Gasteiger partial charge is 0 e. The normalized spacial score (nSPS) is 7.30. The summed E-state index contributed by atoms with van der Waals surface area (Å²) in [5, 5.41) is 7.84. The molecule has 0 heterocycles. The van der Waals surface area contributed by atoms with Crippen LogP contribution in [0, 0.1) is 35.6 Å². The number of carboxylic acid groups (broad SMARTS) is 1. The zero-order chi connectivity index (χ0) is 7.86. The van der Waals surface area contributed by atoms with E-state index in [0.717, 1.165) is 0 Å². The van der Waals surface area contributed by atoms with Gasteiger partial charge in [-0.3, -0.25) is 4.79 Å². The molecule has 0 fully saturated rings. The van der Waals surface area contributed by atoms with Crippen molar-refractivity contribution in [3.8, 4) is 0 Å². The van der Waals surface area contributed by atoms with Gasteiger partial charge in [-0.05, 0) is 0 Å². The predicted molar refractivity (Wildman–Crippen MR) is 46.9 cm³/mol. The molecule has 2 nitrogen and oxygen atoms in total. The Morgan fingerprint density at radius 1 is 1.50 bits per heavy atom. The van der Waals surface area contributed by atoms with Gasteiger partial charge >= 0.3 is 37.0 Å². The van der Waals surface area contributed by atoms with Gasteiger partial charge in [-0.2, -0.15) is 25.3 Å². The fourth-order valence-electron chi connectivity index (χ4n) is 0. The summed E-state index contributed by atoms with van der Waals surface area (Å²) in [6, 6.07) is 0. The fourth-order valence-corrected chi connectivity index (χ4v) is 0. The van der Waals surface area contributed by atoms with E-state index in [2.05, 4.69) is 35.1 Å². The quantitative estimate of drug-likeness (QED) is 0.343. The zero-order valence-electron chi connectivity index (χ0n) is 5.90. The molecule has 0 unspecified atom stereocenters. The van der Waals surface area contributed by atoms with Crippen LogP contribution in [0.15, 0.2) is 0 Å². The van der Waals surface area contributed by atoms with Crippen LogP contribution in [0.25, 0.3) is 0 Å². The first-order chi connectivity index (χ1) is 4.06. The van der Waals surface area contributed by atoms with Gasteiger partial charge in [0.1, 0.15) is 4.58 Å². The third-order valence-electron chi connectivity index (χ3n) is 0.221. The number of rotatable bonds is 1. The van der Waals surface area contributed by atoms with Gasteiger partial charge in [0.25, 0.3) is 0 Å². The molecule has 0 rings (SSSR count). The third kappa shape index (κ3) is 22.5. The van der Waals surface area contributed by atoms with Crippen molar-refractivity contribution in [2.75, 3.05) is 0 Å². The molecule has 0 spiro atoms. The monoisotopic (exact) mass is 413 g/mol. The van der Waals surface area contributed by atoms with Gasteiger partial charge in [0.05, 0.1) is 0 Å². The maximum absolute atomic E-state index is 9.55. The minimum atomic E-state index is -1.01. The number of thiol groups is 2. The Morgan fingerprint density at radius 2 is 1.60 bits per heavy atom. The second-order valence-electron chi connectivity index (χ2n) is 1.21. The van der Waals surface area contributed by atoms with Gasteiger partial charge in [-0.1, -0.05) is 0 Å². The van der Waals surface area contributed by atoms with Crippen molar-refractivity contribution in [2.24, 2.45) is 0 Å². The summed E-state index contributed by atoms with van der Waals surface area (Å²) >= 11 is 7.15. The van der Waals surface area contributed by atoms with Crippen LogP contribution in [-0.4, -0.2) is 36.8 Å². The second-order valence-corrected chi connectivity index (χ2v) is 5.51. The molecule has 57 valence electrons. The maximum Gasteiger partial charge on any atom is 0 e. The zero-order valence-corrected chi connectivity index (χ0v) is 14.2. The topological polar surface area (TPSA) is 37.3 Å². The Kier molecular flexibility index (Phi) is 24.8. The van der Waals surface area contributed by atoms with Gasteiger partial charge in [0, 0.05) is 35.6 Å². The molecule has 0 bridgehead atoms. The molecule has 10 heavy (non-hydrogen) atoms. The van der Waals surface area contributed by atoms with Crippen molar-refractivity contribution >= 4 is 52.4 Å². The van der Waals surface area contributed by atoms with E-state index in [9.17, 15) is 4.79 Å². The molecule has 0 saturated heterocycles. The van der Waals surface area contributed by atoms with Crippen LogP contribution >= 0.6 is 25.3 Å². The molecular weight excluding hydrogens is 402 g/mol. The number of hydrogen-bond donors (Lipinski definition) is 3. The molecule has 1 N–H and O–H groups in total. The van der Waals surface area contributed by atoms with Crippen molar-refractivity contribution < 1.29 is 45.5 Å². The summed E-state index contributed by atoms with van der Waals surface area (Å²) in [5.74, 6) is -1.01. The summed E-state index contributed by atoms with van der Waals surface area (Å²) in [4.78, 5) is 14.1. The summed E-state index contributed by atoms with van der Waals surface area (Å²) in [6.45, 7) is 0. The first-order valence-corrected chi connectivity index (χ1v) is 8.97. The first-order valence-electron chi connectivity index (χ1n) is 2.23. The van der Waals surface area contributed by atoms with Crippen molar-refractivity contribution in [1.29, 1.82) is 0 Å². The molecule has 0 atom stereocenters. The molecule has 0 aromatic carbocycles. The van der Waals surface area contributed by atoms with E-state index in [-0.39, 0.29) is 56.7 Å². The SMILES string of the molecule is O=C(O)C(S)S.[CH3][Sn][CH3].[La]. The van der Waals surface area contributed by atoms with Crippen LogP contribution in [0.4, 0.5) is 0 Å². The fraction of sp³-hybridized carbons (Fsp3) is 0.750. The molecule has 0 saturated carbocycles. The van der Waals surface area contributed by atoms with Crippen LogP contribution < -0.4 is 0 Å². The summed E-state index contributed by atoms with van der Waals surface area (Å²) in [5.41, 5.74) is 0. The van der Waals surface area contributed by atoms with Crippen LogP contribution in [0.5, 0.6) is 0 Å². The van der Waals surface area contributed by atoms with Crippen molar-refractivity contribution in [3.05, 3.63) is 0 Å². The smallest absolute Gasteiger partial charge is 0 e. The summed E-state index contributed by atoms with van der Waals surface area (Å²) < 4.78 is -0.843. The molecule has 0 aliphatic rings. The van der Waals surface area contributed by atoms with Gasteiger partial charge in [0.2, 0.25) is 0 Å². The number of carbonyl (C=O) groups is 1. The Balaban J connectivity index is -0.000000107. The summed E-state index contributed by atoms with van der Waals surface area (Å²) in [6.07, 6.45) is 0. The Hall–Kier alpha value is 2.16. The van der Waals surface area contributed by atoms with E-state index in [4.69, 9.17) is 5.11 Å². The van der Waals surface area contributed by atoms with E-state index in [1.54, 1.807) is 0 Å². The minimum Gasteiger partial charge on any atom is 0 e. The number of hydrogen-bond acceptors (Lipinski definition) is 3. The molecule has 0 aliphatic carbocycles. The average Bonchev–Trinajstić information content (AvgIpc) is 1.68. The number of aliphatic carboxylic acids is 1. The molecule has 0 aromatic rings. The van der Waals surface area contributed by atoms with E-state index >= 15 is 0 Å². The van der Waals surface area contributed by atoms with Gasteiger partial charge in [-0.25, -0.2) is 0 Å². The van der Waals surface area contributed by atoms with E-state index in [1.165, 1.54) is 0 Å². The molecule has 0 amide bonds. The molecular formula is C4H10LaO2S2Sn. The third-order valence-corrected chi connectivity index (χ3v) is 0.663. The van der Waals surface area contributed by atoms with Gasteiger partial charge < -0.3 is 5.11 Å². The first kappa shape index (κ1) is 18.1. The van der Waals surface area contributed by atoms with Crippen LogP contribution in [0.3, 0.4) is 0 Å². The minimum absolute atomic E-state index is 0. The van der Waals surface area contributed by atoms with Crippen molar-refractivity contribution in [2.45, 2.75) is 14.5 Å². The molecule has 0 aromatic heterocycles. The summed E-state index contributed by atoms with van der Waals surface area (Å²) in [7, 11) is 0.